The minimum absolute atomic E-state index is 0.0298. The second-order valence-corrected chi connectivity index (χ2v) is 7.43. The van der Waals surface area contributed by atoms with E-state index in [-0.39, 0.29) is 32.4 Å². The first-order valence-electron chi connectivity index (χ1n) is 7.62. The van der Waals surface area contributed by atoms with E-state index in [2.05, 4.69) is 15.3 Å². The molecule has 1 aliphatic rings. The molecular weight excluding hydrogens is 401 g/mol. The molecule has 8 nitrogen and oxygen atoms in total. The van der Waals surface area contributed by atoms with Crippen LogP contribution in [-0.4, -0.2) is 46.1 Å². The Morgan fingerprint density at radius 2 is 2.08 bits per heavy atom. The minimum atomic E-state index is -0.992. The van der Waals surface area contributed by atoms with Crippen LogP contribution in [0.4, 0.5) is 5.13 Å². The van der Waals surface area contributed by atoms with Crippen molar-refractivity contribution in [3.05, 3.63) is 32.5 Å². The number of carboxylic acids is 1. The number of hydrogen-bond acceptors (Lipinski definition) is 6. The number of nitrogens with zero attached hydrogens (tertiary/aromatic N) is 3. The van der Waals surface area contributed by atoms with Crippen LogP contribution in [0.2, 0.25) is 10.0 Å². The Morgan fingerprint density at radius 3 is 2.62 bits per heavy atom. The average Bonchev–Trinajstić information content (AvgIpc) is 3.22. The quantitative estimate of drug-likeness (QED) is 0.707. The molecule has 3 heterocycles. The molecule has 0 bridgehead atoms. The Hall–Kier alpha value is -2.28. The van der Waals surface area contributed by atoms with Crippen molar-refractivity contribution < 1.29 is 14.7 Å². The monoisotopic (exact) mass is 413 g/mol. The number of carboxylic acid groups (broad SMARTS) is 1. The van der Waals surface area contributed by atoms with Gasteiger partial charge in [0.25, 0.3) is 5.91 Å². The molecule has 3 rings (SSSR count). The third-order valence-corrected chi connectivity index (χ3v) is 5.92. The van der Waals surface area contributed by atoms with Gasteiger partial charge < -0.3 is 20.3 Å². The number of H-pyrrole nitrogens is 1. The summed E-state index contributed by atoms with van der Waals surface area (Å²) in [7, 11) is 0. The van der Waals surface area contributed by atoms with Crippen LogP contribution >= 0.6 is 34.5 Å². The number of nitriles is 1. The van der Waals surface area contributed by atoms with Gasteiger partial charge in [0.2, 0.25) is 0 Å². The molecule has 0 spiro atoms. The van der Waals surface area contributed by atoms with Crippen molar-refractivity contribution in [1.29, 1.82) is 5.26 Å². The average molecular weight is 414 g/mol. The van der Waals surface area contributed by atoms with Gasteiger partial charge in [-0.1, -0.05) is 34.5 Å². The number of piperidine rings is 1. The number of hydrogen-bond donors (Lipinski definition) is 3. The van der Waals surface area contributed by atoms with E-state index in [0.29, 0.717) is 31.1 Å². The number of aromatic amines is 1. The minimum Gasteiger partial charge on any atom is -0.477 e. The highest BCUT2D eigenvalue weighted by atomic mass is 35.5. The highest BCUT2D eigenvalue weighted by molar-refractivity contribution is 7.17. The third kappa shape index (κ3) is 3.62. The lowest BCUT2D eigenvalue weighted by Crippen LogP contribution is -2.44. The van der Waals surface area contributed by atoms with Gasteiger partial charge in [0.15, 0.2) is 5.13 Å². The normalized spacial score (nSPS) is 14.9. The standard InChI is InChI=1S/C15H13Cl2N5O3S/c16-10-8(5-18)21-12(11(10)17)13(23)20-7-1-3-22(4-2-7)15-19-6-9(26-15)14(24)25/h6-7,21H,1-4H2,(H,20,23)(H,24,25). The largest absolute Gasteiger partial charge is 0.477 e. The van der Waals surface area contributed by atoms with Gasteiger partial charge in [0.05, 0.1) is 16.2 Å². The predicted molar refractivity (Wildman–Crippen MR) is 97.3 cm³/mol. The zero-order valence-corrected chi connectivity index (χ0v) is 15.6. The molecule has 1 fully saturated rings. The predicted octanol–water partition coefficient (Wildman–Crippen LogP) is 2.75. The van der Waals surface area contributed by atoms with Crippen molar-refractivity contribution in [1.82, 2.24) is 15.3 Å². The Morgan fingerprint density at radius 1 is 1.38 bits per heavy atom. The summed E-state index contributed by atoms with van der Waals surface area (Å²) in [5.74, 6) is -1.41. The topological polar surface area (TPSA) is 122 Å². The molecule has 1 aliphatic heterocycles. The van der Waals surface area contributed by atoms with Crippen molar-refractivity contribution in [3.8, 4) is 6.07 Å². The summed E-state index contributed by atoms with van der Waals surface area (Å²) in [6.45, 7) is 1.28. The van der Waals surface area contributed by atoms with Crippen LogP contribution in [0.5, 0.6) is 0 Å². The first kappa shape index (κ1) is 18.5. The zero-order valence-electron chi connectivity index (χ0n) is 13.3. The van der Waals surface area contributed by atoms with Crippen molar-refractivity contribution in [2.75, 3.05) is 18.0 Å². The molecule has 0 atom stereocenters. The van der Waals surface area contributed by atoms with Crippen LogP contribution in [0.1, 0.15) is 38.7 Å². The third-order valence-electron chi connectivity index (χ3n) is 4.03. The lowest BCUT2D eigenvalue weighted by atomic mass is 10.1. The summed E-state index contributed by atoms with van der Waals surface area (Å²) in [5, 5.41) is 21.5. The van der Waals surface area contributed by atoms with Crippen molar-refractivity contribution in [2.45, 2.75) is 18.9 Å². The number of amides is 1. The maximum atomic E-state index is 12.4. The molecule has 2 aromatic heterocycles. The van der Waals surface area contributed by atoms with E-state index in [9.17, 15) is 9.59 Å². The fraction of sp³-hybridized carbons (Fsp3) is 0.333. The molecule has 0 aromatic carbocycles. The van der Waals surface area contributed by atoms with Crippen molar-refractivity contribution >= 4 is 51.5 Å². The summed E-state index contributed by atoms with van der Waals surface area (Å²) >= 11 is 13.0. The molecule has 0 unspecified atom stereocenters. The summed E-state index contributed by atoms with van der Waals surface area (Å²) in [6.07, 6.45) is 2.69. The number of anilines is 1. The van der Waals surface area contributed by atoms with Gasteiger partial charge in [-0.15, -0.1) is 0 Å². The first-order valence-corrected chi connectivity index (χ1v) is 9.20. The number of rotatable bonds is 4. The number of nitrogens with one attached hydrogen (secondary N) is 2. The Balaban J connectivity index is 1.59. The number of aromatic nitrogens is 2. The number of aromatic carboxylic acids is 1. The zero-order chi connectivity index (χ0) is 18.8. The molecular formula is C15H13Cl2N5O3S. The van der Waals surface area contributed by atoms with Crippen LogP contribution in [0.15, 0.2) is 6.20 Å². The second-order valence-electron chi connectivity index (χ2n) is 5.66. The van der Waals surface area contributed by atoms with Crippen LogP contribution in [0, 0.1) is 11.3 Å². The Kier molecular flexibility index (Phi) is 5.36. The molecule has 3 N–H and O–H groups in total. The van der Waals surface area contributed by atoms with E-state index >= 15 is 0 Å². The molecule has 0 aliphatic carbocycles. The van der Waals surface area contributed by atoms with E-state index in [1.54, 1.807) is 0 Å². The number of carbonyl (C=O) groups excluding carboxylic acids is 1. The van der Waals surface area contributed by atoms with Crippen molar-refractivity contribution in [2.24, 2.45) is 0 Å². The summed E-state index contributed by atoms with van der Waals surface area (Å²) < 4.78 is 0. The Labute approximate surface area is 162 Å². The second kappa shape index (κ2) is 7.53. The summed E-state index contributed by atoms with van der Waals surface area (Å²) in [6, 6.07) is 1.77. The SMILES string of the molecule is N#Cc1[nH]c(C(=O)NC2CCN(c3ncc(C(=O)O)s3)CC2)c(Cl)c1Cl. The van der Waals surface area contributed by atoms with Gasteiger partial charge >= 0.3 is 5.97 Å². The number of thiazole rings is 1. The van der Waals surface area contributed by atoms with E-state index in [1.807, 2.05) is 11.0 Å². The molecule has 136 valence electrons. The highest BCUT2D eigenvalue weighted by Gasteiger charge is 2.26. The molecule has 26 heavy (non-hydrogen) atoms. The van der Waals surface area contributed by atoms with Crippen LogP contribution < -0.4 is 10.2 Å². The van der Waals surface area contributed by atoms with Crippen LogP contribution in [0.3, 0.4) is 0 Å². The van der Waals surface area contributed by atoms with Gasteiger partial charge in [-0.25, -0.2) is 9.78 Å². The molecule has 2 aromatic rings. The molecule has 11 heteroatoms. The maximum Gasteiger partial charge on any atom is 0.347 e. The van der Waals surface area contributed by atoms with Gasteiger partial charge in [-0.3, -0.25) is 4.79 Å². The lowest BCUT2D eigenvalue weighted by Gasteiger charge is -2.32. The first-order chi connectivity index (χ1) is 12.4. The van der Waals surface area contributed by atoms with Gasteiger partial charge in [0.1, 0.15) is 22.3 Å². The Bertz CT molecular complexity index is 896. The highest BCUT2D eigenvalue weighted by Crippen LogP contribution is 2.30. The fourth-order valence-corrected chi connectivity index (χ4v) is 3.89. The van der Waals surface area contributed by atoms with Crippen LogP contribution in [0.25, 0.3) is 0 Å². The molecule has 0 saturated carbocycles. The molecule has 1 saturated heterocycles. The van der Waals surface area contributed by atoms with E-state index in [0.717, 1.165) is 11.3 Å². The fourth-order valence-electron chi connectivity index (χ4n) is 2.67. The van der Waals surface area contributed by atoms with E-state index in [1.165, 1.54) is 6.20 Å². The van der Waals surface area contributed by atoms with Crippen molar-refractivity contribution in [3.63, 3.8) is 0 Å². The summed E-state index contributed by atoms with van der Waals surface area (Å²) in [5.41, 5.74) is 0.122. The van der Waals surface area contributed by atoms with Crippen LogP contribution in [-0.2, 0) is 0 Å². The molecule has 0 radical (unpaired) electrons. The van der Waals surface area contributed by atoms with E-state index < -0.39 is 11.9 Å². The molecule has 1 amide bonds. The number of carbonyl (C=O) groups is 2. The summed E-state index contributed by atoms with van der Waals surface area (Å²) in [4.78, 5) is 32.3. The number of halogens is 2. The van der Waals surface area contributed by atoms with Gasteiger partial charge in [-0.05, 0) is 12.8 Å². The smallest absolute Gasteiger partial charge is 0.347 e. The maximum absolute atomic E-state index is 12.4. The van der Waals surface area contributed by atoms with Gasteiger partial charge in [0, 0.05) is 19.1 Å². The van der Waals surface area contributed by atoms with E-state index in [4.69, 9.17) is 33.6 Å². The lowest BCUT2D eigenvalue weighted by molar-refractivity contribution is 0.0701. The van der Waals surface area contributed by atoms with Gasteiger partial charge in [-0.2, -0.15) is 5.26 Å².